The van der Waals surface area contributed by atoms with Gasteiger partial charge in [-0.05, 0) is 0 Å². The quantitative estimate of drug-likeness (QED) is 0.116. The Labute approximate surface area is 227 Å². The molecule has 1 amide bonds. The fourth-order valence-corrected chi connectivity index (χ4v) is 5.55. The molecule has 39 heavy (non-hydrogen) atoms. The van der Waals surface area contributed by atoms with Crippen LogP contribution in [0.4, 0.5) is 0 Å². The van der Waals surface area contributed by atoms with Gasteiger partial charge in [0, 0.05) is 40.1 Å². The largest absolute Gasteiger partial charge is 0.478 e. The van der Waals surface area contributed by atoms with E-state index < -0.39 is 103 Å². The monoisotopic (exact) mass is 585 g/mol. The lowest BCUT2D eigenvalue weighted by Gasteiger charge is -2.47. The Morgan fingerprint density at radius 1 is 1.08 bits per heavy atom. The van der Waals surface area contributed by atoms with Crippen LogP contribution < -0.4 is 5.32 Å². The number of carboxylic acid groups (broad SMARTS) is 1. The molecule has 0 spiro atoms. The molecule has 2 heterocycles. The molecule has 0 saturated carbocycles. The van der Waals surface area contributed by atoms with Crippen LogP contribution in [0.15, 0.2) is 0 Å². The lowest BCUT2D eigenvalue weighted by Crippen LogP contribution is -2.66. The van der Waals surface area contributed by atoms with Gasteiger partial charge in [-0.15, -0.1) is 11.8 Å². The molecule has 7 N–H and O–H groups in total. The first-order valence-electron chi connectivity index (χ1n) is 11.8. The second-order valence-corrected chi connectivity index (χ2v) is 10.4. The molecule has 17 heteroatoms. The number of aliphatic hydroxyl groups is 5. The van der Waals surface area contributed by atoms with Crippen molar-refractivity contribution in [1.82, 2.24) is 5.32 Å². The molecule has 2 rings (SSSR count). The molecular formula is C22H35NO15S. The summed E-state index contributed by atoms with van der Waals surface area (Å²) in [6.07, 6.45) is -14.9. The van der Waals surface area contributed by atoms with Crippen LogP contribution in [-0.4, -0.2) is 140 Å². The zero-order chi connectivity index (χ0) is 29.7. The van der Waals surface area contributed by atoms with Crippen molar-refractivity contribution in [2.45, 2.75) is 93.3 Å². The molecule has 0 radical (unpaired) electrons. The molecule has 16 nitrogen and oxygen atoms in total. The summed E-state index contributed by atoms with van der Waals surface area (Å²) in [7, 11) is 1.19. The van der Waals surface area contributed by atoms with Crippen molar-refractivity contribution in [1.29, 1.82) is 0 Å². The third-order valence-electron chi connectivity index (χ3n) is 6.11. The van der Waals surface area contributed by atoms with Crippen LogP contribution in [0.2, 0.25) is 0 Å². The van der Waals surface area contributed by atoms with Gasteiger partial charge >= 0.3 is 17.9 Å². The predicted molar refractivity (Wildman–Crippen MR) is 128 cm³/mol. The Hall–Kier alpha value is -2.09. The van der Waals surface area contributed by atoms with Gasteiger partial charge in [-0.2, -0.15) is 0 Å². The van der Waals surface area contributed by atoms with Gasteiger partial charge in [-0.25, -0.2) is 4.79 Å². The van der Waals surface area contributed by atoms with Crippen molar-refractivity contribution in [2.75, 3.05) is 19.5 Å². The smallest absolute Gasteiger partial charge is 0.346 e. The first-order valence-corrected chi connectivity index (χ1v) is 12.8. The van der Waals surface area contributed by atoms with Crippen molar-refractivity contribution in [3.05, 3.63) is 0 Å². The van der Waals surface area contributed by atoms with E-state index in [9.17, 15) is 49.8 Å². The normalized spacial score (nSPS) is 36.3. The summed E-state index contributed by atoms with van der Waals surface area (Å²) >= 11 is 0.545. The van der Waals surface area contributed by atoms with E-state index in [0.717, 1.165) is 20.8 Å². The Balaban J connectivity index is 2.35. The molecule has 0 bridgehead atoms. The lowest BCUT2D eigenvalue weighted by atomic mass is 9.89. The topological polar surface area (TPSA) is 248 Å². The van der Waals surface area contributed by atoms with Gasteiger partial charge < -0.3 is 59.6 Å². The summed E-state index contributed by atoms with van der Waals surface area (Å²) < 4.78 is 26.1. The van der Waals surface area contributed by atoms with Gasteiger partial charge in [0.1, 0.15) is 43.2 Å². The number of carbonyl (C=O) groups excluding carboxylic acids is 3. The number of rotatable bonds is 11. The molecule has 0 aromatic carbocycles. The van der Waals surface area contributed by atoms with Gasteiger partial charge in [-0.3, -0.25) is 14.4 Å². The first kappa shape index (κ1) is 33.1. The third-order valence-corrected chi connectivity index (χ3v) is 7.51. The maximum Gasteiger partial charge on any atom is 0.346 e. The van der Waals surface area contributed by atoms with Crippen LogP contribution in [0.1, 0.15) is 27.2 Å². The molecule has 11 atom stereocenters. The third kappa shape index (κ3) is 8.21. The molecule has 224 valence electrons. The second kappa shape index (κ2) is 14.0. The van der Waals surface area contributed by atoms with Gasteiger partial charge in [-0.1, -0.05) is 0 Å². The average molecular weight is 586 g/mol. The van der Waals surface area contributed by atoms with E-state index in [0.29, 0.717) is 11.8 Å². The molecule has 0 aromatic rings. The number of nitrogens with one attached hydrogen (secondary N) is 1. The average Bonchev–Trinajstić information content (AvgIpc) is 2.85. The van der Waals surface area contributed by atoms with E-state index in [1.54, 1.807) is 0 Å². The minimum Gasteiger partial charge on any atom is -0.478 e. The molecule has 2 aliphatic rings. The highest BCUT2D eigenvalue weighted by Gasteiger charge is 2.56. The number of carboxylic acids is 1. The Morgan fingerprint density at radius 3 is 2.23 bits per heavy atom. The molecule has 2 saturated heterocycles. The van der Waals surface area contributed by atoms with Crippen LogP contribution in [0.3, 0.4) is 0 Å². The molecule has 2 fully saturated rings. The number of amides is 1. The van der Waals surface area contributed by atoms with Crippen molar-refractivity contribution in [2.24, 2.45) is 0 Å². The van der Waals surface area contributed by atoms with E-state index in [2.05, 4.69) is 10.1 Å². The van der Waals surface area contributed by atoms with Crippen molar-refractivity contribution >= 4 is 35.6 Å². The molecule has 0 aromatic heterocycles. The zero-order valence-electron chi connectivity index (χ0n) is 21.7. The van der Waals surface area contributed by atoms with Crippen LogP contribution in [-0.2, 0) is 42.9 Å². The highest BCUT2D eigenvalue weighted by molar-refractivity contribution is 8.01. The van der Waals surface area contributed by atoms with Crippen LogP contribution in [0, 0.1) is 0 Å². The number of aliphatic carboxylic acids is 1. The maximum absolute atomic E-state index is 12.5. The second-order valence-electron chi connectivity index (χ2n) is 9.14. The predicted octanol–water partition coefficient (Wildman–Crippen LogP) is -3.54. The Morgan fingerprint density at radius 2 is 1.72 bits per heavy atom. The summed E-state index contributed by atoms with van der Waals surface area (Å²) in [5.41, 5.74) is 0. The standard InChI is InChI=1S/C22H35NO15S/c1-8(24)23-14-11(27)5-22(21(32)33,38-19(14)15(29)12(28)6-35-9(2)25)39-7-13-18(36-10(3)26)16(30)17(31)20(34-4)37-13/h11-20,27-31H,5-7H2,1-4H3,(H,23,24)(H,32,33). The minimum atomic E-state index is -2.31. The van der Waals surface area contributed by atoms with Crippen LogP contribution in [0.5, 0.6) is 0 Å². The molecule has 0 aliphatic carbocycles. The SMILES string of the molecule is COC1OC(CSC2(C(=O)O)CC(O)C(NC(C)=O)C(C(O)C(O)COC(C)=O)O2)C(OC(C)=O)C(O)C1O. The van der Waals surface area contributed by atoms with Gasteiger partial charge in [0.2, 0.25) is 10.8 Å². The van der Waals surface area contributed by atoms with Gasteiger partial charge in [0.25, 0.3) is 0 Å². The molecule has 2 aliphatic heterocycles. The number of aliphatic hydroxyl groups excluding tert-OH is 5. The molecule has 11 unspecified atom stereocenters. The lowest BCUT2D eigenvalue weighted by molar-refractivity contribution is -0.287. The van der Waals surface area contributed by atoms with Crippen molar-refractivity contribution < 1.29 is 73.5 Å². The van der Waals surface area contributed by atoms with E-state index in [-0.39, 0.29) is 5.75 Å². The summed E-state index contributed by atoms with van der Waals surface area (Å²) in [6.45, 7) is 2.54. The van der Waals surface area contributed by atoms with E-state index in [1.165, 1.54) is 7.11 Å². The van der Waals surface area contributed by atoms with Crippen molar-refractivity contribution in [3.8, 4) is 0 Å². The summed E-state index contributed by atoms with van der Waals surface area (Å²) in [6, 6.07) is -1.37. The van der Waals surface area contributed by atoms with Crippen LogP contribution in [0.25, 0.3) is 0 Å². The maximum atomic E-state index is 12.5. The molecular weight excluding hydrogens is 550 g/mol. The fraction of sp³-hybridized carbons (Fsp3) is 0.818. The van der Waals surface area contributed by atoms with E-state index in [4.69, 9.17) is 18.9 Å². The summed E-state index contributed by atoms with van der Waals surface area (Å²) in [5.74, 6) is -4.20. The summed E-state index contributed by atoms with van der Waals surface area (Å²) in [5, 5.41) is 65.1. The van der Waals surface area contributed by atoms with E-state index in [1.807, 2.05) is 0 Å². The van der Waals surface area contributed by atoms with Crippen molar-refractivity contribution in [3.63, 3.8) is 0 Å². The number of hydrogen-bond donors (Lipinski definition) is 7. The Bertz CT molecular complexity index is 892. The fourth-order valence-electron chi connectivity index (χ4n) is 4.26. The van der Waals surface area contributed by atoms with Crippen LogP contribution >= 0.6 is 11.8 Å². The first-order chi connectivity index (χ1) is 18.1. The van der Waals surface area contributed by atoms with Gasteiger partial charge in [0.05, 0.1) is 12.1 Å². The van der Waals surface area contributed by atoms with E-state index >= 15 is 0 Å². The number of thioether (sulfide) groups is 1. The Kier molecular flexibility index (Phi) is 11.9. The zero-order valence-corrected chi connectivity index (χ0v) is 22.5. The highest BCUT2D eigenvalue weighted by Crippen LogP contribution is 2.42. The number of carbonyl (C=O) groups is 4. The number of esters is 2. The minimum absolute atomic E-state index is 0.357. The number of hydrogen-bond acceptors (Lipinski definition) is 15. The number of ether oxygens (including phenoxy) is 5. The number of methoxy groups -OCH3 is 1. The highest BCUT2D eigenvalue weighted by atomic mass is 32.2. The summed E-state index contributed by atoms with van der Waals surface area (Å²) in [4.78, 5) is 44.6. The van der Waals surface area contributed by atoms with Gasteiger partial charge in [0.15, 0.2) is 12.4 Å².